The third-order valence-corrected chi connectivity index (χ3v) is 3.87. The lowest BCUT2D eigenvalue weighted by atomic mass is 10.2. The van der Waals surface area contributed by atoms with Gasteiger partial charge in [0.05, 0.1) is 25.6 Å². The molecule has 2 aromatic rings. The second kappa shape index (κ2) is 6.22. The Labute approximate surface area is 125 Å². The average molecular weight is 286 g/mol. The van der Waals surface area contributed by atoms with Crippen molar-refractivity contribution in [1.29, 1.82) is 0 Å². The van der Waals surface area contributed by atoms with Crippen molar-refractivity contribution in [1.82, 2.24) is 5.32 Å². The molecule has 0 unspecified atom stereocenters. The highest BCUT2D eigenvalue weighted by atomic mass is 16.5. The zero-order chi connectivity index (χ0) is 14.7. The number of para-hydroxylation sites is 2. The lowest BCUT2D eigenvalue weighted by Crippen LogP contribution is -2.20. The predicted octanol–water partition coefficient (Wildman–Crippen LogP) is 3.18. The molecule has 1 aromatic carbocycles. The highest BCUT2D eigenvalue weighted by molar-refractivity contribution is 5.58. The zero-order valence-electron chi connectivity index (χ0n) is 12.6. The van der Waals surface area contributed by atoms with E-state index in [1.54, 1.807) is 13.4 Å². The van der Waals surface area contributed by atoms with Crippen LogP contribution in [0.15, 0.2) is 41.0 Å². The van der Waals surface area contributed by atoms with Crippen LogP contribution in [0.25, 0.3) is 0 Å². The molecule has 1 aliphatic rings. The molecular formula is C17H22N2O2. The monoisotopic (exact) mass is 286 g/mol. The average Bonchev–Trinajstić information content (AvgIpc) is 3.25. The SMILES string of the molecule is COc1ccccc1N(C)Cc1occc1CNC1CC1. The van der Waals surface area contributed by atoms with Crippen LogP contribution < -0.4 is 15.0 Å². The molecule has 3 rings (SSSR count). The molecule has 1 aromatic heterocycles. The smallest absolute Gasteiger partial charge is 0.142 e. The Morgan fingerprint density at radius 3 is 2.86 bits per heavy atom. The van der Waals surface area contributed by atoms with Gasteiger partial charge in [0.2, 0.25) is 0 Å². The van der Waals surface area contributed by atoms with Gasteiger partial charge < -0.3 is 19.4 Å². The summed E-state index contributed by atoms with van der Waals surface area (Å²) in [6.07, 6.45) is 4.37. The Morgan fingerprint density at radius 2 is 2.10 bits per heavy atom. The Balaban J connectivity index is 1.69. The van der Waals surface area contributed by atoms with E-state index in [1.807, 2.05) is 18.2 Å². The molecule has 4 heteroatoms. The predicted molar refractivity (Wildman–Crippen MR) is 83.7 cm³/mol. The van der Waals surface area contributed by atoms with Gasteiger partial charge in [0, 0.05) is 25.2 Å². The first-order valence-electron chi connectivity index (χ1n) is 7.40. The van der Waals surface area contributed by atoms with Crippen molar-refractivity contribution in [3.63, 3.8) is 0 Å². The molecule has 1 N–H and O–H groups in total. The second-order valence-corrected chi connectivity index (χ2v) is 5.55. The molecule has 0 aliphatic heterocycles. The zero-order valence-corrected chi connectivity index (χ0v) is 12.6. The molecule has 0 saturated heterocycles. The first kappa shape index (κ1) is 14.0. The summed E-state index contributed by atoms with van der Waals surface area (Å²) < 4.78 is 11.1. The summed E-state index contributed by atoms with van der Waals surface area (Å²) in [5.74, 6) is 1.89. The topological polar surface area (TPSA) is 37.6 Å². The minimum absolute atomic E-state index is 0.708. The number of ether oxygens (including phenoxy) is 1. The third-order valence-electron chi connectivity index (χ3n) is 3.87. The Kier molecular flexibility index (Phi) is 4.15. The first-order valence-corrected chi connectivity index (χ1v) is 7.40. The molecule has 0 atom stereocenters. The van der Waals surface area contributed by atoms with Crippen LogP contribution in [0.2, 0.25) is 0 Å². The largest absolute Gasteiger partial charge is 0.495 e. The van der Waals surface area contributed by atoms with Crippen LogP contribution in [0.5, 0.6) is 5.75 Å². The van der Waals surface area contributed by atoms with Crippen molar-refractivity contribution >= 4 is 5.69 Å². The fourth-order valence-corrected chi connectivity index (χ4v) is 2.45. The standard InChI is InChI=1S/C17H22N2O2/c1-19(15-5-3-4-6-16(15)20-2)12-17-13(9-10-21-17)11-18-14-7-8-14/h3-6,9-10,14,18H,7-8,11-12H2,1-2H3. The number of benzene rings is 1. The fourth-order valence-electron chi connectivity index (χ4n) is 2.45. The van der Waals surface area contributed by atoms with E-state index in [9.17, 15) is 0 Å². The summed E-state index contributed by atoms with van der Waals surface area (Å²) in [7, 11) is 3.75. The van der Waals surface area contributed by atoms with Crippen LogP contribution in [0.3, 0.4) is 0 Å². The number of nitrogens with zero attached hydrogens (tertiary/aromatic N) is 1. The Bertz CT molecular complexity index is 590. The number of hydrogen-bond acceptors (Lipinski definition) is 4. The third kappa shape index (κ3) is 3.39. The van der Waals surface area contributed by atoms with Crippen molar-refractivity contribution < 1.29 is 9.15 Å². The molecular weight excluding hydrogens is 264 g/mol. The van der Waals surface area contributed by atoms with E-state index in [4.69, 9.17) is 9.15 Å². The van der Waals surface area contributed by atoms with E-state index in [0.717, 1.165) is 30.3 Å². The summed E-state index contributed by atoms with van der Waals surface area (Å²) in [6.45, 7) is 1.62. The van der Waals surface area contributed by atoms with Gasteiger partial charge in [0.15, 0.2) is 0 Å². The quantitative estimate of drug-likeness (QED) is 0.848. The van der Waals surface area contributed by atoms with Gasteiger partial charge in [-0.1, -0.05) is 12.1 Å². The molecule has 0 spiro atoms. The van der Waals surface area contributed by atoms with E-state index in [0.29, 0.717) is 6.04 Å². The van der Waals surface area contributed by atoms with Gasteiger partial charge in [-0.2, -0.15) is 0 Å². The Morgan fingerprint density at radius 1 is 1.29 bits per heavy atom. The maximum atomic E-state index is 5.66. The van der Waals surface area contributed by atoms with E-state index < -0.39 is 0 Å². The van der Waals surface area contributed by atoms with E-state index in [-0.39, 0.29) is 0 Å². The maximum Gasteiger partial charge on any atom is 0.142 e. The van der Waals surface area contributed by atoms with Crippen LogP contribution in [0.1, 0.15) is 24.2 Å². The number of hydrogen-bond donors (Lipinski definition) is 1. The highest BCUT2D eigenvalue weighted by Gasteiger charge is 2.21. The van der Waals surface area contributed by atoms with Crippen LogP contribution in [-0.2, 0) is 13.1 Å². The first-order chi connectivity index (χ1) is 10.3. The molecule has 4 nitrogen and oxygen atoms in total. The number of rotatable bonds is 7. The molecule has 1 heterocycles. The molecule has 1 saturated carbocycles. The van der Waals surface area contributed by atoms with Gasteiger partial charge in [-0.3, -0.25) is 0 Å². The normalized spacial score (nSPS) is 14.2. The molecule has 0 bridgehead atoms. The molecule has 0 radical (unpaired) electrons. The number of nitrogens with one attached hydrogen (secondary N) is 1. The van der Waals surface area contributed by atoms with E-state index >= 15 is 0 Å². The van der Waals surface area contributed by atoms with E-state index in [2.05, 4.69) is 29.4 Å². The highest BCUT2D eigenvalue weighted by Crippen LogP contribution is 2.28. The van der Waals surface area contributed by atoms with Crippen molar-refractivity contribution in [2.45, 2.75) is 32.0 Å². The molecule has 21 heavy (non-hydrogen) atoms. The van der Waals surface area contributed by atoms with E-state index in [1.165, 1.54) is 18.4 Å². The number of anilines is 1. The van der Waals surface area contributed by atoms with Crippen LogP contribution in [0, 0.1) is 0 Å². The number of furan rings is 1. The summed E-state index contributed by atoms with van der Waals surface area (Å²) in [5.41, 5.74) is 2.31. The van der Waals surface area contributed by atoms with Crippen molar-refractivity contribution in [3.8, 4) is 5.75 Å². The molecule has 0 amide bonds. The Hall–Kier alpha value is -1.94. The van der Waals surface area contributed by atoms with Gasteiger partial charge in [0.1, 0.15) is 11.5 Å². The van der Waals surface area contributed by atoms with Gasteiger partial charge in [-0.15, -0.1) is 0 Å². The van der Waals surface area contributed by atoms with Crippen LogP contribution in [-0.4, -0.2) is 20.2 Å². The fraction of sp³-hybridized carbons (Fsp3) is 0.412. The van der Waals surface area contributed by atoms with Gasteiger partial charge >= 0.3 is 0 Å². The second-order valence-electron chi connectivity index (χ2n) is 5.55. The summed E-state index contributed by atoms with van der Waals surface area (Å²) >= 11 is 0. The van der Waals surface area contributed by atoms with Gasteiger partial charge in [-0.05, 0) is 31.0 Å². The summed E-state index contributed by atoms with van der Waals surface area (Å²) in [6, 6.07) is 10.8. The number of methoxy groups -OCH3 is 1. The minimum Gasteiger partial charge on any atom is -0.495 e. The van der Waals surface area contributed by atoms with Gasteiger partial charge in [0.25, 0.3) is 0 Å². The minimum atomic E-state index is 0.708. The summed E-state index contributed by atoms with van der Waals surface area (Å²) in [4.78, 5) is 2.15. The van der Waals surface area contributed by atoms with Crippen molar-refractivity contribution in [2.24, 2.45) is 0 Å². The van der Waals surface area contributed by atoms with Crippen LogP contribution in [0.4, 0.5) is 5.69 Å². The lowest BCUT2D eigenvalue weighted by Gasteiger charge is -2.21. The summed E-state index contributed by atoms with van der Waals surface area (Å²) in [5, 5.41) is 3.53. The van der Waals surface area contributed by atoms with Crippen molar-refractivity contribution in [3.05, 3.63) is 47.9 Å². The molecule has 1 aliphatic carbocycles. The molecule has 112 valence electrons. The maximum absolute atomic E-state index is 5.66. The van der Waals surface area contributed by atoms with Crippen molar-refractivity contribution in [2.75, 3.05) is 19.1 Å². The lowest BCUT2D eigenvalue weighted by molar-refractivity contribution is 0.414. The van der Waals surface area contributed by atoms with Gasteiger partial charge in [-0.25, -0.2) is 0 Å². The van der Waals surface area contributed by atoms with Crippen LogP contribution >= 0.6 is 0 Å². The molecule has 1 fully saturated rings.